The van der Waals surface area contributed by atoms with Crippen LogP contribution < -0.4 is 66.7 Å². The molecule has 0 saturated carbocycles. The first-order chi connectivity index (χ1) is 6.00. The van der Waals surface area contributed by atoms with Crippen LogP contribution in [0.3, 0.4) is 0 Å². The van der Waals surface area contributed by atoms with Gasteiger partial charge in [-0.15, -0.1) is 16.8 Å². The molecule has 0 aliphatic rings. The molecule has 0 bridgehead atoms. The molecule has 0 radical (unpaired) electrons. The molecule has 0 amide bonds. The van der Waals surface area contributed by atoms with Gasteiger partial charge in [0.2, 0.25) is 0 Å². The predicted molar refractivity (Wildman–Crippen MR) is 65.0 cm³/mol. The van der Waals surface area contributed by atoms with Gasteiger partial charge in [0, 0.05) is 0 Å². The van der Waals surface area contributed by atoms with Gasteiger partial charge >= 0.3 is 75.3 Å². The summed E-state index contributed by atoms with van der Waals surface area (Å²) >= 11 is 0. The summed E-state index contributed by atoms with van der Waals surface area (Å²) in [7, 11) is 0. The van der Waals surface area contributed by atoms with Crippen LogP contribution in [-0.2, 0) is 0 Å². The van der Waals surface area contributed by atoms with Gasteiger partial charge in [-0.1, -0.05) is 62.3 Å². The fraction of sp³-hybridized carbons (Fsp3) is 1.00. The Labute approximate surface area is 167 Å². The third-order valence-corrected chi connectivity index (χ3v) is 0. The zero-order valence-electron chi connectivity index (χ0n) is 13.2. The van der Waals surface area contributed by atoms with Crippen LogP contribution in [0.2, 0.25) is 0 Å². The normalized spacial score (nSPS) is 10.6. The Kier molecular flexibility index (Phi) is 24.7. The van der Waals surface area contributed by atoms with E-state index < -0.39 is 16.8 Å². The maximum Gasteiger partial charge on any atom is 4.00 e. The first kappa shape index (κ1) is 31.6. The van der Waals surface area contributed by atoms with Crippen LogP contribution in [-0.4, -0.2) is 40.7 Å². The molecule has 0 atom stereocenters. The SMILES string of the molecule is CC(C)(C)[O-].CC(C)(C)[O-].CC(C)(C)[O-].[K+].[Sn+4]. The fourth-order valence-electron chi connectivity index (χ4n) is 0. The standard InChI is InChI=1S/3C4H9O.K.Sn/c3*1-4(2,3)5;;/h3*1-3H3;;/q3*-1;+1;+4. The summed E-state index contributed by atoms with van der Waals surface area (Å²) in [5, 5.41) is 30.3. The van der Waals surface area contributed by atoms with E-state index >= 15 is 0 Å². The van der Waals surface area contributed by atoms with Crippen molar-refractivity contribution in [2.45, 2.75) is 79.1 Å². The first-order valence-electron chi connectivity index (χ1n) is 5.11. The summed E-state index contributed by atoms with van der Waals surface area (Å²) < 4.78 is 0. The number of hydrogen-bond donors (Lipinski definition) is 0. The van der Waals surface area contributed by atoms with E-state index in [4.69, 9.17) is 0 Å². The molecule has 96 valence electrons. The molecule has 0 aromatic heterocycles. The van der Waals surface area contributed by atoms with E-state index in [1.54, 1.807) is 62.3 Å². The minimum Gasteiger partial charge on any atom is -0.850 e. The van der Waals surface area contributed by atoms with Crippen molar-refractivity contribution in [1.29, 1.82) is 0 Å². The van der Waals surface area contributed by atoms with E-state index in [1.807, 2.05) is 0 Å². The van der Waals surface area contributed by atoms with Gasteiger partial charge in [-0.2, -0.15) is 0 Å². The Morgan fingerprint density at radius 1 is 0.471 bits per heavy atom. The second-order valence-corrected chi connectivity index (χ2v) is 6.34. The maximum absolute atomic E-state index is 10.1. The molecule has 0 rings (SSSR count). The minimum absolute atomic E-state index is 0. The Hall–Kier alpha value is 2.32. The van der Waals surface area contributed by atoms with Crippen molar-refractivity contribution >= 4 is 23.9 Å². The predicted octanol–water partition coefficient (Wildman–Crippen LogP) is -2.94. The maximum atomic E-state index is 10.1. The molecular weight excluding hydrogens is 350 g/mol. The Bertz CT molecular complexity index is 96.8. The van der Waals surface area contributed by atoms with Gasteiger partial charge in [0.25, 0.3) is 0 Å². The summed E-state index contributed by atoms with van der Waals surface area (Å²) in [5.41, 5.74) is -2.25. The minimum atomic E-state index is -0.750. The van der Waals surface area contributed by atoms with Gasteiger partial charge < -0.3 is 15.3 Å². The summed E-state index contributed by atoms with van der Waals surface area (Å²) in [6, 6.07) is 0. The van der Waals surface area contributed by atoms with Gasteiger partial charge in [-0.3, -0.25) is 0 Å². The fourth-order valence-corrected chi connectivity index (χ4v) is 0. The Morgan fingerprint density at radius 2 is 0.471 bits per heavy atom. The smallest absolute Gasteiger partial charge is 0.850 e. The van der Waals surface area contributed by atoms with Crippen LogP contribution in [0, 0.1) is 0 Å². The van der Waals surface area contributed by atoms with Crippen LogP contribution in [0.5, 0.6) is 0 Å². The quantitative estimate of drug-likeness (QED) is 0.425. The molecule has 0 N–H and O–H groups in total. The van der Waals surface area contributed by atoms with Crippen LogP contribution in [0.1, 0.15) is 62.3 Å². The molecule has 0 aliphatic heterocycles. The second kappa shape index (κ2) is 13.3. The molecule has 3 nitrogen and oxygen atoms in total. The van der Waals surface area contributed by atoms with E-state index in [-0.39, 0.29) is 75.3 Å². The zero-order chi connectivity index (χ0) is 13.5. The van der Waals surface area contributed by atoms with E-state index in [0.29, 0.717) is 0 Å². The van der Waals surface area contributed by atoms with E-state index in [0.717, 1.165) is 0 Å². The number of rotatable bonds is 0. The largest absolute Gasteiger partial charge is 4.00 e. The average Bonchev–Trinajstić information content (AvgIpc) is 1.41. The van der Waals surface area contributed by atoms with E-state index in [2.05, 4.69) is 0 Å². The second-order valence-electron chi connectivity index (χ2n) is 6.34. The van der Waals surface area contributed by atoms with Crippen LogP contribution in [0.25, 0.3) is 0 Å². The van der Waals surface area contributed by atoms with Crippen molar-refractivity contribution in [3.63, 3.8) is 0 Å². The van der Waals surface area contributed by atoms with Gasteiger partial charge in [0.15, 0.2) is 0 Å². The Balaban J connectivity index is -0.0000000400. The third-order valence-electron chi connectivity index (χ3n) is 0. The summed E-state index contributed by atoms with van der Waals surface area (Å²) in [6.45, 7) is 14.7. The first-order valence-corrected chi connectivity index (χ1v) is 5.11. The molecule has 0 aromatic carbocycles. The van der Waals surface area contributed by atoms with Crippen LogP contribution in [0.15, 0.2) is 0 Å². The van der Waals surface area contributed by atoms with Gasteiger partial charge in [0.05, 0.1) is 0 Å². The van der Waals surface area contributed by atoms with Crippen LogP contribution in [0.4, 0.5) is 0 Å². The molecule has 0 spiro atoms. The number of hydrogen-bond acceptors (Lipinski definition) is 3. The van der Waals surface area contributed by atoms with Crippen molar-refractivity contribution in [1.82, 2.24) is 0 Å². The summed E-state index contributed by atoms with van der Waals surface area (Å²) in [6.07, 6.45) is 0. The molecule has 17 heavy (non-hydrogen) atoms. The molecular formula is C12H27KO3Sn+2. The van der Waals surface area contributed by atoms with Gasteiger partial charge in [0.1, 0.15) is 0 Å². The van der Waals surface area contributed by atoms with Crippen molar-refractivity contribution in [2.75, 3.05) is 0 Å². The third kappa shape index (κ3) is 910. The van der Waals surface area contributed by atoms with Crippen molar-refractivity contribution in [3.05, 3.63) is 0 Å². The molecule has 0 unspecified atom stereocenters. The van der Waals surface area contributed by atoms with E-state index in [9.17, 15) is 15.3 Å². The molecule has 0 saturated heterocycles. The van der Waals surface area contributed by atoms with Crippen LogP contribution >= 0.6 is 0 Å². The monoisotopic (exact) mass is 378 g/mol. The summed E-state index contributed by atoms with van der Waals surface area (Å²) in [5.74, 6) is 0. The molecule has 0 aromatic rings. The molecule has 5 heteroatoms. The zero-order valence-corrected chi connectivity index (χ0v) is 19.2. The van der Waals surface area contributed by atoms with Gasteiger partial charge in [-0.05, 0) is 0 Å². The van der Waals surface area contributed by atoms with Crippen molar-refractivity contribution in [3.8, 4) is 0 Å². The Morgan fingerprint density at radius 3 is 0.471 bits per heavy atom. The van der Waals surface area contributed by atoms with Crippen molar-refractivity contribution < 1.29 is 66.7 Å². The molecule has 0 heterocycles. The molecule has 0 fully saturated rings. The topological polar surface area (TPSA) is 69.2 Å². The van der Waals surface area contributed by atoms with Crippen molar-refractivity contribution in [2.24, 2.45) is 0 Å². The average molecular weight is 377 g/mol. The van der Waals surface area contributed by atoms with E-state index in [1.165, 1.54) is 0 Å². The summed E-state index contributed by atoms with van der Waals surface area (Å²) in [4.78, 5) is 0. The van der Waals surface area contributed by atoms with Gasteiger partial charge in [-0.25, -0.2) is 0 Å². The molecule has 0 aliphatic carbocycles.